The van der Waals surface area contributed by atoms with Crippen LogP contribution in [0.4, 0.5) is 11.4 Å². The zero-order chi connectivity index (χ0) is 13.5. The molecule has 0 unspecified atom stereocenters. The standard InChI is InChI=1S/C11H15N3O4/c1-8-2-3-9(6-10(8)14(16)17)13-11(15)7-18-5-4-12/h2-3,6H,4-5,7,12H2,1H3,(H,13,15). The molecule has 0 aliphatic rings. The van der Waals surface area contributed by atoms with E-state index in [1.807, 2.05) is 0 Å². The number of nitro benzene ring substituents is 1. The van der Waals surface area contributed by atoms with Crippen molar-refractivity contribution >= 4 is 17.3 Å². The third kappa shape index (κ3) is 4.11. The summed E-state index contributed by atoms with van der Waals surface area (Å²) in [6, 6.07) is 4.49. The number of amides is 1. The van der Waals surface area contributed by atoms with Crippen molar-refractivity contribution < 1.29 is 14.5 Å². The van der Waals surface area contributed by atoms with Crippen molar-refractivity contribution in [1.29, 1.82) is 0 Å². The van der Waals surface area contributed by atoms with Gasteiger partial charge >= 0.3 is 0 Å². The third-order valence-electron chi connectivity index (χ3n) is 2.18. The molecule has 7 heteroatoms. The lowest BCUT2D eigenvalue weighted by Crippen LogP contribution is -2.20. The molecule has 0 aliphatic heterocycles. The summed E-state index contributed by atoms with van der Waals surface area (Å²) in [7, 11) is 0. The van der Waals surface area contributed by atoms with Crippen molar-refractivity contribution in [1.82, 2.24) is 0 Å². The second-order valence-corrected chi connectivity index (χ2v) is 3.65. The van der Waals surface area contributed by atoms with Gasteiger partial charge in [-0.2, -0.15) is 0 Å². The van der Waals surface area contributed by atoms with E-state index < -0.39 is 4.92 Å². The average Bonchev–Trinajstić information content (AvgIpc) is 2.31. The molecule has 7 nitrogen and oxygen atoms in total. The number of carbonyl (C=O) groups is 1. The smallest absolute Gasteiger partial charge is 0.274 e. The fourth-order valence-electron chi connectivity index (χ4n) is 1.33. The zero-order valence-electron chi connectivity index (χ0n) is 10.0. The summed E-state index contributed by atoms with van der Waals surface area (Å²) in [5.41, 5.74) is 6.08. The van der Waals surface area contributed by atoms with Gasteiger partial charge in [0.15, 0.2) is 0 Å². The monoisotopic (exact) mass is 253 g/mol. The molecule has 0 heterocycles. The van der Waals surface area contributed by atoms with Gasteiger partial charge in [-0.3, -0.25) is 14.9 Å². The average molecular weight is 253 g/mol. The number of nitrogens with zero attached hydrogens (tertiary/aromatic N) is 1. The highest BCUT2D eigenvalue weighted by Crippen LogP contribution is 2.22. The first-order valence-corrected chi connectivity index (χ1v) is 5.37. The quantitative estimate of drug-likeness (QED) is 0.443. The van der Waals surface area contributed by atoms with Gasteiger partial charge in [0.1, 0.15) is 6.61 Å². The second-order valence-electron chi connectivity index (χ2n) is 3.65. The fraction of sp³-hybridized carbons (Fsp3) is 0.364. The summed E-state index contributed by atoms with van der Waals surface area (Å²) >= 11 is 0. The van der Waals surface area contributed by atoms with Crippen LogP contribution in [0.3, 0.4) is 0 Å². The van der Waals surface area contributed by atoms with Crippen molar-refractivity contribution in [3.05, 3.63) is 33.9 Å². The Morgan fingerprint density at radius 1 is 1.56 bits per heavy atom. The highest BCUT2D eigenvalue weighted by atomic mass is 16.6. The van der Waals surface area contributed by atoms with E-state index in [4.69, 9.17) is 10.5 Å². The van der Waals surface area contributed by atoms with Crippen LogP contribution in [-0.4, -0.2) is 30.6 Å². The van der Waals surface area contributed by atoms with Gasteiger partial charge in [0.25, 0.3) is 5.69 Å². The van der Waals surface area contributed by atoms with Gasteiger partial charge in [0.2, 0.25) is 5.91 Å². The number of aryl methyl sites for hydroxylation is 1. The first kappa shape index (κ1) is 14.1. The minimum Gasteiger partial charge on any atom is -0.370 e. The number of nitrogens with two attached hydrogens (primary N) is 1. The van der Waals surface area contributed by atoms with E-state index in [1.165, 1.54) is 6.07 Å². The zero-order valence-corrected chi connectivity index (χ0v) is 10.0. The first-order valence-electron chi connectivity index (χ1n) is 5.37. The lowest BCUT2D eigenvalue weighted by atomic mass is 10.2. The number of rotatable bonds is 6. The van der Waals surface area contributed by atoms with Gasteiger partial charge in [-0.15, -0.1) is 0 Å². The number of anilines is 1. The maximum absolute atomic E-state index is 11.4. The Balaban J connectivity index is 2.65. The van der Waals surface area contributed by atoms with Crippen LogP contribution in [0.5, 0.6) is 0 Å². The minimum atomic E-state index is -0.490. The summed E-state index contributed by atoms with van der Waals surface area (Å²) in [4.78, 5) is 21.6. The number of hydrogen-bond donors (Lipinski definition) is 2. The minimum absolute atomic E-state index is 0.0318. The molecule has 0 bridgehead atoms. The van der Waals surface area contributed by atoms with Crippen LogP contribution in [-0.2, 0) is 9.53 Å². The molecule has 18 heavy (non-hydrogen) atoms. The van der Waals surface area contributed by atoms with Crippen molar-refractivity contribution in [2.24, 2.45) is 5.73 Å². The molecule has 1 rings (SSSR count). The molecule has 0 atom stereocenters. The molecule has 0 aromatic heterocycles. The lowest BCUT2D eigenvalue weighted by molar-refractivity contribution is -0.385. The predicted octanol–water partition coefficient (Wildman–Crippen LogP) is 0.817. The Hall–Kier alpha value is -1.99. The molecule has 1 amide bonds. The Kier molecular flexibility index (Phi) is 5.22. The van der Waals surface area contributed by atoms with Crippen molar-refractivity contribution in [3.8, 4) is 0 Å². The van der Waals surface area contributed by atoms with Gasteiger partial charge in [-0.1, -0.05) is 6.07 Å². The van der Waals surface area contributed by atoms with Gasteiger partial charge in [-0.05, 0) is 13.0 Å². The first-order chi connectivity index (χ1) is 8.54. The summed E-state index contributed by atoms with van der Waals surface area (Å²) in [6.45, 7) is 2.14. The van der Waals surface area contributed by atoms with E-state index in [9.17, 15) is 14.9 Å². The summed E-state index contributed by atoms with van der Waals surface area (Å²) in [5.74, 6) is -0.374. The maximum Gasteiger partial charge on any atom is 0.274 e. The Morgan fingerprint density at radius 2 is 2.28 bits per heavy atom. The number of hydrogen-bond acceptors (Lipinski definition) is 5. The van der Waals surface area contributed by atoms with Gasteiger partial charge in [-0.25, -0.2) is 0 Å². The van der Waals surface area contributed by atoms with Crippen LogP contribution in [0.25, 0.3) is 0 Å². The number of nitro groups is 1. The molecule has 0 saturated heterocycles. The van der Waals surface area contributed by atoms with Crippen molar-refractivity contribution in [2.75, 3.05) is 25.1 Å². The molecule has 0 fully saturated rings. The molecule has 0 saturated carbocycles. The number of ether oxygens (including phenoxy) is 1. The summed E-state index contributed by atoms with van der Waals surface area (Å²) in [5, 5.41) is 13.2. The van der Waals surface area contributed by atoms with Crippen LogP contribution < -0.4 is 11.1 Å². The maximum atomic E-state index is 11.4. The van der Waals surface area contributed by atoms with Crippen LogP contribution in [0, 0.1) is 17.0 Å². The Labute approximate surface area is 104 Å². The summed E-state index contributed by atoms with van der Waals surface area (Å²) < 4.78 is 4.95. The van der Waals surface area contributed by atoms with Crippen LogP contribution in [0.15, 0.2) is 18.2 Å². The number of carbonyl (C=O) groups excluding carboxylic acids is 1. The molecule has 0 radical (unpaired) electrons. The van der Waals surface area contributed by atoms with E-state index in [-0.39, 0.29) is 18.2 Å². The van der Waals surface area contributed by atoms with E-state index >= 15 is 0 Å². The third-order valence-corrected chi connectivity index (χ3v) is 2.18. The molecule has 98 valence electrons. The van der Waals surface area contributed by atoms with E-state index in [1.54, 1.807) is 19.1 Å². The number of benzene rings is 1. The lowest BCUT2D eigenvalue weighted by Gasteiger charge is -2.06. The van der Waals surface area contributed by atoms with Crippen molar-refractivity contribution in [3.63, 3.8) is 0 Å². The van der Waals surface area contributed by atoms with Gasteiger partial charge < -0.3 is 15.8 Å². The van der Waals surface area contributed by atoms with Crippen LogP contribution in [0.2, 0.25) is 0 Å². The van der Waals surface area contributed by atoms with Gasteiger partial charge in [0, 0.05) is 23.9 Å². The molecule has 0 aliphatic carbocycles. The van der Waals surface area contributed by atoms with E-state index in [0.29, 0.717) is 24.4 Å². The van der Waals surface area contributed by atoms with Crippen molar-refractivity contribution in [2.45, 2.75) is 6.92 Å². The van der Waals surface area contributed by atoms with E-state index in [0.717, 1.165) is 0 Å². The van der Waals surface area contributed by atoms with Gasteiger partial charge in [0.05, 0.1) is 11.5 Å². The molecule has 1 aromatic carbocycles. The Bertz CT molecular complexity index is 448. The molecular formula is C11H15N3O4. The SMILES string of the molecule is Cc1ccc(NC(=O)COCCN)cc1[N+](=O)[O-]. The summed E-state index contributed by atoms with van der Waals surface area (Å²) in [6.07, 6.45) is 0. The molecule has 0 spiro atoms. The molecular weight excluding hydrogens is 238 g/mol. The normalized spacial score (nSPS) is 10.1. The van der Waals surface area contributed by atoms with E-state index in [2.05, 4.69) is 5.32 Å². The topological polar surface area (TPSA) is 107 Å². The molecule has 3 N–H and O–H groups in total. The van der Waals surface area contributed by atoms with Crippen LogP contribution in [0.1, 0.15) is 5.56 Å². The fourth-order valence-corrected chi connectivity index (χ4v) is 1.33. The van der Waals surface area contributed by atoms with Crippen LogP contribution >= 0.6 is 0 Å². The highest BCUT2D eigenvalue weighted by Gasteiger charge is 2.12. The Morgan fingerprint density at radius 3 is 2.89 bits per heavy atom. The predicted molar refractivity (Wildman–Crippen MR) is 66.3 cm³/mol. The largest absolute Gasteiger partial charge is 0.370 e. The molecule has 1 aromatic rings. The second kappa shape index (κ2) is 6.67. The highest BCUT2D eigenvalue weighted by molar-refractivity contribution is 5.92. The number of nitrogens with one attached hydrogen (secondary N) is 1.